The molecule has 2 aromatic heterocycles. The zero-order valence-electron chi connectivity index (χ0n) is 15.8. The van der Waals surface area contributed by atoms with Gasteiger partial charge in [-0.25, -0.2) is 19.2 Å². The number of nitrogen functional groups attached to an aromatic ring is 1. The maximum atomic E-state index is 12.1. The lowest BCUT2D eigenvalue weighted by molar-refractivity contribution is -0.137. The molecule has 0 radical (unpaired) electrons. The topological polar surface area (TPSA) is 226 Å². The van der Waals surface area contributed by atoms with Crippen molar-refractivity contribution in [2.24, 2.45) is 0 Å². The van der Waals surface area contributed by atoms with Crippen LogP contribution in [-0.4, -0.2) is 71.7 Å². The molecule has 1 fully saturated rings. The zero-order valence-corrected chi connectivity index (χ0v) is 16.7. The van der Waals surface area contributed by atoms with Crippen LogP contribution in [0, 0.1) is 11.3 Å². The Morgan fingerprint density at radius 1 is 1.58 bits per heavy atom. The number of fused-ring (bicyclic) bond motifs is 1. The Balaban J connectivity index is 1.84. The zero-order chi connectivity index (χ0) is 23.0. The number of aliphatic hydroxyl groups excluding tert-OH is 2. The van der Waals surface area contributed by atoms with E-state index in [1.165, 1.54) is 16.6 Å². The van der Waals surface area contributed by atoms with E-state index >= 15 is 0 Å². The molecule has 0 spiro atoms. The van der Waals surface area contributed by atoms with Crippen molar-refractivity contribution in [3.63, 3.8) is 0 Å². The number of ether oxygens (including phenoxy) is 1. The minimum atomic E-state index is -4.67. The molecule has 0 amide bonds. The largest absolute Gasteiger partial charge is 0.480 e. The van der Waals surface area contributed by atoms with Crippen molar-refractivity contribution in [1.82, 2.24) is 19.7 Å². The molecule has 1 aliphatic rings. The van der Waals surface area contributed by atoms with Crippen molar-refractivity contribution in [3.8, 4) is 6.07 Å². The Morgan fingerprint density at radius 3 is 2.90 bits per heavy atom. The predicted octanol–water partition coefficient (Wildman–Crippen LogP) is -1.50. The van der Waals surface area contributed by atoms with E-state index in [4.69, 9.17) is 20.1 Å². The molecule has 0 saturated carbocycles. The first-order valence-corrected chi connectivity index (χ1v) is 10.3. The summed E-state index contributed by atoms with van der Waals surface area (Å²) in [6, 6.07) is 3.12. The summed E-state index contributed by atoms with van der Waals surface area (Å²) in [5, 5.41) is 45.5. The van der Waals surface area contributed by atoms with Crippen LogP contribution in [0.3, 0.4) is 0 Å². The Morgan fingerprint density at radius 2 is 2.29 bits per heavy atom. The van der Waals surface area contributed by atoms with Gasteiger partial charge in [-0.2, -0.15) is 10.4 Å². The average molecular weight is 454 g/mol. The van der Waals surface area contributed by atoms with Gasteiger partial charge in [-0.1, -0.05) is 6.08 Å². The van der Waals surface area contributed by atoms with Crippen LogP contribution in [-0.2, 0) is 24.2 Å². The highest BCUT2D eigenvalue weighted by Gasteiger charge is 2.57. The summed E-state index contributed by atoms with van der Waals surface area (Å²) < 4.78 is 23.7. The first-order valence-electron chi connectivity index (χ1n) is 8.70. The van der Waals surface area contributed by atoms with E-state index in [1.807, 2.05) is 11.2 Å². The molecule has 7 N–H and O–H groups in total. The predicted molar refractivity (Wildman–Crippen MR) is 102 cm³/mol. The first-order chi connectivity index (χ1) is 14.6. The van der Waals surface area contributed by atoms with Crippen LogP contribution in [0.1, 0.15) is 5.69 Å². The summed E-state index contributed by atoms with van der Waals surface area (Å²) in [5.41, 5.74) is 4.02. The van der Waals surface area contributed by atoms with Gasteiger partial charge < -0.3 is 30.7 Å². The van der Waals surface area contributed by atoms with Gasteiger partial charge in [0, 0.05) is 0 Å². The molecule has 166 valence electrons. The minimum absolute atomic E-state index is 0.0380. The van der Waals surface area contributed by atoms with Crippen LogP contribution >= 0.6 is 7.75 Å². The normalized spacial score (nSPS) is 28.6. The Kier molecular flexibility index (Phi) is 6.12. The lowest BCUT2D eigenvalue weighted by Crippen LogP contribution is -2.41. The van der Waals surface area contributed by atoms with Crippen LogP contribution in [0.5, 0.6) is 0 Å². The number of carbonyl (C=O) groups is 1. The Bertz CT molecular complexity index is 1100. The molecule has 14 nitrogen and oxygen atoms in total. The Labute approximate surface area is 174 Å². The monoisotopic (exact) mass is 454 g/mol. The average Bonchev–Trinajstić information content (AvgIpc) is 3.26. The van der Waals surface area contributed by atoms with E-state index in [0.29, 0.717) is 5.52 Å². The fraction of sp³-hybridized carbons (Fsp3) is 0.375. The number of aliphatic hydroxyl groups is 2. The lowest BCUT2D eigenvalue weighted by Gasteiger charge is -2.24. The fourth-order valence-corrected chi connectivity index (χ4v) is 4.14. The highest BCUT2D eigenvalue weighted by atomic mass is 31.2. The van der Waals surface area contributed by atoms with E-state index in [9.17, 15) is 29.7 Å². The second kappa shape index (κ2) is 8.33. The number of aromatic nitrogens is 3. The van der Waals surface area contributed by atoms with E-state index in [1.54, 1.807) is 0 Å². The maximum Gasteiger partial charge on any atom is 0.404 e. The van der Waals surface area contributed by atoms with Crippen LogP contribution in [0.15, 0.2) is 31.1 Å². The van der Waals surface area contributed by atoms with Crippen LogP contribution in [0.2, 0.25) is 0 Å². The molecule has 1 saturated heterocycles. The van der Waals surface area contributed by atoms with Crippen LogP contribution in [0.25, 0.3) is 5.52 Å². The summed E-state index contributed by atoms with van der Waals surface area (Å²) in [5.74, 6) is -1.37. The standard InChI is InChI=1S/C16H19N6O8P/c1-2-8(15(25)26)21-31(27,28)29-5-10-12(23)13(24)16(6-17,30-10)11-4-3-9-14(18)19-7-20-22(9)11/h2-4,7-8,10,12-13,23-24H,1,5H2,(H,25,26)(H2,18,19,20)(H2,21,27,28)/t8-,10+,12+,13+,16-/m0/s1. The van der Waals surface area contributed by atoms with Crippen molar-refractivity contribution in [2.45, 2.75) is 30.0 Å². The van der Waals surface area contributed by atoms with Gasteiger partial charge in [0.15, 0.2) is 5.82 Å². The third-order valence-corrected chi connectivity index (χ3v) is 5.81. The lowest BCUT2D eigenvalue weighted by atomic mass is 9.92. The molecule has 31 heavy (non-hydrogen) atoms. The van der Waals surface area contributed by atoms with Gasteiger partial charge in [0.25, 0.3) is 0 Å². The minimum Gasteiger partial charge on any atom is -0.480 e. The number of carboxylic acids is 1. The van der Waals surface area contributed by atoms with Crippen molar-refractivity contribution in [3.05, 3.63) is 36.8 Å². The van der Waals surface area contributed by atoms with Gasteiger partial charge in [0.05, 0.1) is 12.3 Å². The fourth-order valence-electron chi connectivity index (χ4n) is 3.15. The number of rotatable bonds is 8. The molecule has 15 heteroatoms. The van der Waals surface area contributed by atoms with Crippen molar-refractivity contribution in [2.75, 3.05) is 12.3 Å². The first kappa shape index (κ1) is 22.8. The molecule has 3 rings (SSSR count). The number of hydrogen-bond acceptors (Lipinski definition) is 10. The smallest absolute Gasteiger partial charge is 0.404 e. The highest BCUT2D eigenvalue weighted by molar-refractivity contribution is 7.50. The van der Waals surface area contributed by atoms with E-state index in [2.05, 4.69) is 16.7 Å². The quantitative estimate of drug-likeness (QED) is 0.197. The highest BCUT2D eigenvalue weighted by Crippen LogP contribution is 2.43. The van der Waals surface area contributed by atoms with Gasteiger partial charge in [0.2, 0.25) is 5.60 Å². The molecular formula is C16H19N6O8P. The van der Waals surface area contributed by atoms with E-state index in [0.717, 1.165) is 12.4 Å². The number of carboxylic acid groups (broad SMARTS) is 1. The number of nitrogens with one attached hydrogen (secondary N) is 1. The second-order valence-corrected chi connectivity index (χ2v) is 8.15. The molecule has 1 aliphatic heterocycles. The summed E-state index contributed by atoms with van der Waals surface area (Å²) >= 11 is 0. The van der Waals surface area contributed by atoms with E-state index < -0.39 is 50.3 Å². The maximum absolute atomic E-state index is 12.1. The third-order valence-electron chi connectivity index (χ3n) is 4.70. The summed E-state index contributed by atoms with van der Waals surface area (Å²) in [6.07, 6.45) is -2.90. The van der Waals surface area contributed by atoms with Crippen molar-refractivity contribution < 1.29 is 38.8 Å². The molecule has 6 atom stereocenters. The summed E-state index contributed by atoms with van der Waals surface area (Å²) in [4.78, 5) is 24.6. The molecule has 0 aliphatic carbocycles. The molecule has 1 unspecified atom stereocenters. The number of nitrogens with zero attached hydrogens (tertiary/aromatic N) is 4. The molecule has 2 aromatic rings. The number of nitriles is 1. The molecule has 0 bridgehead atoms. The van der Waals surface area contributed by atoms with Gasteiger partial charge in [-0.05, 0) is 12.1 Å². The number of nitrogens with two attached hydrogens (primary N) is 1. The molecular weight excluding hydrogens is 435 g/mol. The third kappa shape index (κ3) is 4.03. The summed E-state index contributed by atoms with van der Waals surface area (Å²) in [6.45, 7) is 2.47. The summed E-state index contributed by atoms with van der Waals surface area (Å²) in [7, 11) is -4.67. The van der Waals surface area contributed by atoms with Crippen LogP contribution < -0.4 is 10.8 Å². The molecule has 3 heterocycles. The second-order valence-electron chi connectivity index (χ2n) is 6.60. The SMILES string of the molecule is C=C[C@H](NP(=O)(O)OC[C@H]1O[C@@](C#N)(c2ccc3c(N)ncnn23)[C@H](O)[C@@H]1O)C(=O)O. The van der Waals surface area contributed by atoms with Crippen LogP contribution in [0.4, 0.5) is 5.82 Å². The van der Waals surface area contributed by atoms with Crippen molar-refractivity contribution >= 4 is 25.1 Å². The van der Waals surface area contributed by atoms with E-state index in [-0.39, 0.29) is 11.5 Å². The molecule has 0 aromatic carbocycles. The Hall–Kier alpha value is -2.89. The number of aliphatic carboxylic acids is 1. The van der Waals surface area contributed by atoms with Gasteiger partial charge >= 0.3 is 13.7 Å². The van der Waals surface area contributed by atoms with Crippen molar-refractivity contribution in [1.29, 1.82) is 5.26 Å². The number of anilines is 1. The number of hydrogen-bond donors (Lipinski definition) is 6. The van der Waals surface area contributed by atoms with Gasteiger partial charge in [-0.15, -0.1) is 6.58 Å². The van der Waals surface area contributed by atoms with Gasteiger partial charge in [-0.3, -0.25) is 9.32 Å². The van der Waals surface area contributed by atoms with Gasteiger partial charge in [0.1, 0.15) is 42.3 Å².